The number of sulfonamides is 1. The Morgan fingerprint density at radius 1 is 1.07 bits per heavy atom. The van der Waals surface area contributed by atoms with E-state index in [0.29, 0.717) is 36.7 Å². The summed E-state index contributed by atoms with van der Waals surface area (Å²) in [7, 11) is -3.49. The van der Waals surface area contributed by atoms with Gasteiger partial charge in [-0.1, -0.05) is 12.5 Å². The highest BCUT2D eigenvalue weighted by Gasteiger charge is 2.42. The van der Waals surface area contributed by atoms with E-state index in [4.69, 9.17) is 0 Å². The summed E-state index contributed by atoms with van der Waals surface area (Å²) in [5.74, 6) is 2.33. The number of carbonyl (C=O) groups is 1. The molecule has 1 heterocycles. The lowest BCUT2D eigenvalue weighted by molar-refractivity contribution is -0.127. The number of carbonyl (C=O) groups excluding carboxylic acids is 1. The normalized spacial score (nSPS) is 29.1. The van der Waals surface area contributed by atoms with E-state index in [1.165, 1.54) is 25.7 Å². The Morgan fingerprint density at radius 2 is 1.79 bits per heavy atom. The third-order valence-corrected chi connectivity index (χ3v) is 9.64. The smallest absolute Gasteiger partial charge is 0.243 e. The highest BCUT2D eigenvalue weighted by atomic mass is 32.2. The highest BCUT2D eigenvalue weighted by Crippen LogP contribution is 2.49. The molecule has 29 heavy (non-hydrogen) atoms. The van der Waals surface area contributed by atoms with Gasteiger partial charge in [0.15, 0.2) is 0 Å². The molecule has 1 aromatic carbocycles. The number of hydrogen-bond donors (Lipinski definition) is 1. The third kappa shape index (κ3) is 4.11. The molecule has 2 saturated carbocycles. The summed E-state index contributed by atoms with van der Waals surface area (Å²) < 4.78 is 27.5. The van der Waals surface area contributed by atoms with Gasteiger partial charge in [0.1, 0.15) is 0 Å². The predicted octanol–water partition coefficient (Wildman–Crippen LogP) is 3.65. The minimum Gasteiger partial charge on any atom is -0.353 e. The maximum absolute atomic E-state index is 13.0. The standard InChI is InChI=1S/C23H34N2O3S/c1-15-4-7-21(12-16(15)2)29(27,28)25-10-8-19(9-11-25)23(26)24-17(3)22-14-18-5-6-20(22)13-18/h4,7,12,17-20,22H,5-6,8-11,13-14H2,1-3H3,(H,24,26). The molecule has 1 saturated heterocycles. The zero-order valence-corrected chi connectivity index (χ0v) is 18.7. The molecule has 4 atom stereocenters. The molecule has 0 radical (unpaired) electrons. The van der Waals surface area contributed by atoms with Crippen molar-refractivity contribution in [3.8, 4) is 0 Å². The number of aryl methyl sites for hydroxylation is 2. The van der Waals surface area contributed by atoms with E-state index in [1.807, 2.05) is 19.9 Å². The molecule has 3 aliphatic rings. The van der Waals surface area contributed by atoms with E-state index in [-0.39, 0.29) is 17.9 Å². The zero-order valence-electron chi connectivity index (χ0n) is 17.9. The molecule has 160 valence electrons. The average Bonchev–Trinajstić information content (AvgIpc) is 3.33. The van der Waals surface area contributed by atoms with Gasteiger partial charge in [0.05, 0.1) is 4.90 Å². The number of rotatable bonds is 5. The van der Waals surface area contributed by atoms with Crippen molar-refractivity contribution in [2.75, 3.05) is 13.1 Å². The van der Waals surface area contributed by atoms with Gasteiger partial charge in [-0.3, -0.25) is 4.79 Å². The van der Waals surface area contributed by atoms with Crippen molar-refractivity contribution in [1.29, 1.82) is 0 Å². The number of hydrogen-bond acceptors (Lipinski definition) is 3. The minimum absolute atomic E-state index is 0.0813. The molecular weight excluding hydrogens is 384 g/mol. The van der Waals surface area contributed by atoms with Crippen LogP contribution >= 0.6 is 0 Å². The first-order chi connectivity index (χ1) is 13.8. The molecule has 2 aliphatic carbocycles. The minimum atomic E-state index is -3.49. The number of piperidine rings is 1. The Morgan fingerprint density at radius 3 is 2.38 bits per heavy atom. The quantitative estimate of drug-likeness (QED) is 0.794. The fourth-order valence-electron chi connectivity index (χ4n) is 5.74. The SMILES string of the molecule is Cc1ccc(S(=O)(=O)N2CCC(C(=O)NC(C)C3CC4CCC3C4)CC2)cc1C. The van der Waals surface area contributed by atoms with Crippen LogP contribution in [-0.2, 0) is 14.8 Å². The van der Waals surface area contributed by atoms with Crippen LogP contribution in [0.15, 0.2) is 23.1 Å². The van der Waals surface area contributed by atoms with Crippen molar-refractivity contribution in [1.82, 2.24) is 9.62 Å². The van der Waals surface area contributed by atoms with E-state index in [2.05, 4.69) is 12.2 Å². The molecule has 5 nitrogen and oxygen atoms in total. The maximum Gasteiger partial charge on any atom is 0.243 e. The molecule has 4 unspecified atom stereocenters. The van der Waals surface area contributed by atoms with Crippen LogP contribution in [0.5, 0.6) is 0 Å². The second-order valence-corrected chi connectivity index (χ2v) is 11.5. The first-order valence-electron chi connectivity index (χ1n) is 11.1. The lowest BCUT2D eigenvalue weighted by atomic mass is 9.83. The van der Waals surface area contributed by atoms with E-state index >= 15 is 0 Å². The maximum atomic E-state index is 13.0. The van der Waals surface area contributed by atoms with Gasteiger partial charge >= 0.3 is 0 Å². The van der Waals surface area contributed by atoms with Crippen molar-refractivity contribution in [3.63, 3.8) is 0 Å². The van der Waals surface area contributed by atoms with Gasteiger partial charge in [0.2, 0.25) is 15.9 Å². The molecule has 1 N–H and O–H groups in total. The molecule has 1 aliphatic heterocycles. The highest BCUT2D eigenvalue weighted by molar-refractivity contribution is 7.89. The molecule has 3 fully saturated rings. The Kier molecular flexibility index (Phi) is 5.77. The van der Waals surface area contributed by atoms with Crippen LogP contribution < -0.4 is 5.32 Å². The van der Waals surface area contributed by atoms with Crippen molar-refractivity contribution < 1.29 is 13.2 Å². The van der Waals surface area contributed by atoms with Crippen LogP contribution in [-0.4, -0.2) is 37.8 Å². The van der Waals surface area contributed by atoms with E-state index in [1.54, 1.807) is 16.4 Å². The van der Waals surface area contributed by atoms with Gasteiger partial charge in [-0.2, -0.15) is 4.31 Å². The monoisotopic (exact) mass is 418 g/mol. The average molecular weight is 419 g/mol. The first-order valence-corrected chi connectivity index (χ1v) is 12.6. The Hall–Kier alpha value is -1.40. The number of fused-ring (bicyclic) bond motifs is 2. The van der Waals surface area contributed by atoms with Crippen molar-refractivity contribution in [2.45, 2.75) is 70.2 Å². The fourth-order valence-corrected chi connectivity index (χ4v) is 7.29. The van der Waals surface area contributed by atoms with Crippen LogP contribution in [0.4, 0.5) is 0 Å². The summed E-state index contributed by atoms with van der Waals surface area (Å²) >= 11 is 0. The summed E-state index contributed by atoms with van der Waals surface area (Å²) in [6.45, 7) is 6.89. The van der Waals surface area contributed by atoms with Crippen LogP contribution in [0, 0.1) is 37.5 Å². The summed E-state index contributed by atoms with van der Waals surface area (Å²) in [6.07, 6.45) is 6.50. The van der Waals surface area contributed by atoms with E-state index in [0.717, 1.165) is 23.0 Å². The molecule has 4 rings (SSSR count). The molecule has 0 aromatic heterocycles. The third-order valence-electron chi connectivity index (χ3n) is 7.75. The lowest BCUT2D eigenvalue weighted by Gasteiger charge is -2.33. The second kappa shape index (κ2) is 8.03. The second-order valence-electron chi connectivity index (χ2n) is 9.56. The number of nitrogens with one attached hydrogen (secondary N) is 1. The largest absolute Gasteiger partial charge is 0.353 e. The van der Waals surface area contributed by atoms with Gasteiger partial charge in [0.25, 0.3) is 0 Å². The number of benzene rings is 1. The lowest BCUT2D eigenvalue weighted by Crippen LogP contribution is -2.47. The zero-order chi connectivity index (χ0) is 20.8. The van der Waals surface area contributed by atoms with Crippen LogP contribution in [0.2, 0.25) is 0 Å². The fraction of sp³-hybridized carbons (Fsp3) is 0.696. The van der Waals surface area contributed by atoms with Gasteiger partial charge < -0.3 is 5.32 Å². The van der Waals surface area contributed by atoms with Crippen LogP contribution in [0.1, 0.15) is 56.6 Å². The molecular formula is C23H34N2O3S. The van der Waals surface area contributed by atoms with Crippen LogP contribution in [0.25, 0.3) is 0 Å². The van der Waals surface area contributed by atoms with Crippen molar-refractivity contribution >= 4 is 15.9 Å². The molecule has 1 amide bonds. The summed E-state index contributed by atoms with van der Waals surface area (Å²) in [5.41, 5.74) is 2.07. The Balaban J connectivity index is 1.32. The van der Waals surface area contributed by atoms with Gasteiger partial charge in [-0.25, -0.2) is 8.42 Å². The van der Waals surface area contributed by atoms with E-state index in [9.17, 15) is 13.2 Å². The van der Waals surface area contributed by atoms with E-state index < -0.39 is 10.0 Å². The van der Waals surface area contributed by atoms with Crippen LogP contribution in [0.3, 0.4) is 0 Å². The first kappa shape index (κ1) is 20.9. The molecule has 2 bridgehead atoms. The molecule has 6 heteroatoms. The Labute approximate surface area is 175 Å². The molecule has 1 aromatic rings. The van der Waals surface area contributed by atoms with Gasteiger partial charge in [-0.05, 0) is 93.9 Å². The number of amides is 1. The molecule has 0 spiro atoms. The Bertz CT molecular complexity index is 874. The predicted molar refractivity (Wildman–Crippen MR) is 114 cm³/mol. The van der Waals surface area contributed by atoms with Crippen molar-refractivity contribution in [2.24, 2.45) is 23.7 Å². The van der Waals surface area contributed by atoms with Crippen molar-refractivity contribution in [3.05, 3.63) is 29.3 Å². The van der Waals surface area contributed by atoms with Gasteiger partial charge in [-0.15, -0.1) is 0 Å². The number of nitrogens with zero attached hydrogens (tertiary/aromatic N) is 1. The topological polar surface area (TPSA) is 66.5 Å². The summed E-state index contributed by atoms with van der Waals surface area (Å²) in [4.78, 5) is 13.2. The van der Waals surface area contributed by atoms with Gasteiger partial charge in [0, 0.05) is 25.0 Å². The summed E-state index contributed by atoms with van der Waals surface area (Å²) in [5, 5.41) is 3.27. The summed E-state index contributed by atoms with van der Waals surface area (Å²) in [6, 6.07) is 5.53.